The number of morpholine rings is 1. The standard InChI is InChI=1S/C22H25ClN2O5/c1-28-20-14-17(22(27)24-9-8-16-2-5-18(23)6-3-16)4-7-19(20)30-15-21(26)25-10-12-29-13-11-25/h2-7,14H,8-13,15H2,1H3,(H,24,27). The molecule has 0 spiro atoms. The van der Waals surface area contributed by atoms with E-state index in [1.54, 1.807) is 23.1 Å². The summed E-state index contributed by atoms with van der Waals surface area (Å²) in [5.41, 5.74) is 1.54. The quantitative estimate of drug-likeness (QED) is 0.693. The third-order valence-electron chi connectivity index (χ3n) is 4.75. The van der Waals surface area contributed by atoms with Crippen LogP contribution in [0.4, 0.5) is 0 Å². The van der Waals surface area contributed by atoms with Gasteiger partial charge in [0.25, 0.3) is 11.8 Å². The lowest BCUT2D eigenvalue weighted by molar-refractivity contribution is -0.137. The van der Waals surface area contributed by atoms with Crippen LogP contribution in [-0.2, 0) is 16.0 Å². The average Bonchev–Trinajstić information content (AvgIpc) is 2.79. The molecule has 0 aliphatic carbocycles. The van der Waals surface area contributed by atoms with Gasteiger partial charge in [0.1, 0.15) is 0 Å². The van der Waals surface area contributed by atoms with Gasteiger partial charge in [-0.1, -0.05) is 23.7 Å². The van der Waals surface area contributed by atoms with E-state index in [0.717, 1.165) is 5.56 Å². The molecule has 0 atom stereocenters. The maximum Gasteiger partial charge on any atom is 0.260 e. The summed E-state index contributed by atoms with van der Waals surface area (Å²) >= 11 is 5.88. The molecule has 8 heteroatoms. The van der Waals surface area contributed by atoms with Crippen LogP contribution in [0.5, 0.6) is 11.5 Å². The number of ether oxygens (including phenoxy) is 3. The summed E-state index contributed by atoms with van der Waals surface area (Å²) in [5.74, 6) is 0.495. The van der Waals surface area contributed by atoms with Gasteiger partial charge in [-0.2, -0.15) is 0 Å². The third-order valence-corrected chi connectivity index (χ3v) is 5.01. The van der Waals surface area contributed by atoms with Gasteiger partial charge in [-0.25, -0.2) is 0 Å². The van der Waals surface area contributed by atoms with Crippen LogP contribution in [0.1, 0.15) is 15.9 Å². The molecule has 1 aliphatic rings. The van der Waals surface area contributed by atoms with Crippen molar-refractivity contribution in [1.82, 2.24) is 10.2 Å². The van der Waals surface area contributed by atoms with E-state index in [0.29, 0.717) is 61.4 Å². The van der Waals surface area contributed by atoms with Gasteiger partial charge in [0, 0.05) is 30.2 Å². The lowest BCUT2D eigenvalue weighted by Crippen LogP contribution is -2.43. The number of nitrogens with zero attached hydrogens (tertiary/aromatic N) is 1. The van der Waals surface area contributed by atoms with E-state index >= 15 is 0 Å². The normalized spacial score (nSPS) is 13.6. The Balaban J connectivity index is 1.52. The molecule has 2 aromatic carbocycles. The summed E-state index contributed by atoms with van der Waals surface area (Å²) in [7, 11) is 1.49. The van der Waals surface area contributed by atoms with Gasteiger partial charge in [0.05, 0.1) is 20.3 Å². The van der Waals surface area contributed by atoms with Gasteiger partial charge in [0.2, 0.25) is 0 Å². The number of rotatable bonds is 8. The highest BCUT2D eigenvalue weighted by molar-refractivity contribution is 6.30. The topological polar surface area (TPSA) is 77.1 Å². The maximum absolute atomic E-state index is 12.4. The Morgan fingerprint density at radius 1 is 1.10 bits per heavy atom. The molecule has 1 fully saturated rings. The van der Waals surface area contributed by atoms with Gasteiger partial charge in [-0.05, 0) is 42.3 Å². The van der Waals surface area contributed by atoms with Crippen LogP contribution in [0.2, 0.25) is 5.02 Å². The molecule has 2 amide bonds. The Hall–Kier alpha value is -2.77. The summed E-state index contributed by atoms with van der Waals surface area (Å²) in [6.45, 7) is 2.61. The van der Waals surface area contributed by atoms with Crippen molar-refractivity contribution in [3.8, 4) is 11.5 Å². The summed E-state index contributed by atoms with van der Waals surface area (Å²) in [4.78, 5) is 26.4. The largest absolute Gasteiger partial charge is 0.493 e. The van der Waals surface area contributed by atoms with Crippen molar-refractivity contribution in [3.63, 3.8) is 0 Å². The highest BCUT2D eigenvalue weighted by atomic mass is 35.5. The van der Waals surface area contributed by atoms with Crippen LogP contribution in [0, 0.1) is 0 Å². The van der Waals surface area contributed by atoms with Crippen molar-refractivity contribution in [3.05, 3.63) is 58.6 Å². The fourth-order valence-corrected chi connectivity index (χ4v) is 3.17. The number of carbonyl (C=O) groups excluding carboxylic acids is 2. The van der Waals surface area contributed by atoms with Crippen LogP contribution in [0.25, 0.3) is 0 Å². The lowest BCUT2D eigenvalue weighted by Gasteiger charge is -2.26. The molecule has 2 aromatic rings. The number of hydrogen-bond acceptors (Lipinski definition) is 5. The lowest BCUT2D eigenvalue weighted by atomic mass is 10.1. The first kappa shape index (κ1) is 21.9. The van der Waals surface area contributed by atoms with Crippen molar-refractivity contribution < 1.29 is 23.8 Å². The number of nitrogens with one attached hydrogen (secondary N) is 1. The number of carbonyl (C=O) groups is 2. The molecule has 1 N–H and O–H groups in total. The van der Waals surface area contributed by atoms with Crippen molar-refractivity contribution in [1.29, 1.82) is 0 Å². The zero-order valence-corrected chi connectivity index (χ0v) is 17.6. The molecule has 1 aliphatic heterocycles. The first-order valence-electron chi connectivity index (χ1n) is 9.76. The second-order valence-electron chi connectivity index (χ2n) is 6.78. The molecule has 1 saturated heterocycles. The zero-order chi connectivity index (χ0) is 21.3. The Morgan fingerprint density at radius 2 is 1.83 bits per heavy atom. The number of methoxy groups -OCH3 is 1. The Bertz CT molecular complexity index is 866. The molecule has 3 rings (SSSR count). The van der Waals surface area contributed by atoms with E-state index in [1.165, 1.54) is 7.11 Å². The smallest absolute Gasteiger partial charge is 0.260 e. The maximum atomic E-state index is 12.4. The van der Waals surface area contributed by atoms with Gasteiger partial charge in [-0.15, -0.1) is 0 Å². The third kappa shape index (κ3) is 6.11. The van der Waals surface area contributed by atoms with Gasteiger partial charge >= 0.3 is 0 Å². The molecular formula is C22H25ClN2O5. The monoisotopic (exact) mass is 432 g/mol. The number of amides is 2. The van der Waals surface area contributed by atoms with Crippen molar-refractivity contribution >= 4 is 23.4 Å². The molecule has 7 nitrogen and oxygen atoms in total. The van der Waals surface area contributed by atoms with Crippen molar-refractivity contribution in [2.45, 2.75) is 6.42 Å². The Morgan fingerprint density at radius 3 is 2.53 bits per heavy atom. The molecule has 160 valence electrons. The minimum absolute atomic E-state index is 0.0943. The predicted molar refractivity (Wildman–Crippen MR) is 113 cm³/mol. The fraction of sp³-hybridized carbons (Fsp3) is 0.364. The first-order valence-corrected chi connectivity index (χ1v) is 10.1. The summed E-state index contributed by atoms with van der Waals surface area (Å²) in [6, 6.07) is 12.4. The second kappa shape index (κ2) is 10.8. The molecule has 1 heterocycles. The minimum Gasteiger partial charge on any atom is -0.493 e. The highest BCUT2D eigenvalue weighted by Gasteiger charge is 2.18. The minimum atomic E-state index is -0.210. The predicted octanol–water partition coefficient (Wildman–Crippen LogP) is 2.56. The van der Waals surface area contributed by atoms with E-state index in [4.69, 9.17) is 25.8 Å². The second-order valence-corrected chi connectivity index (χ2v) is 7.22. The number of benzene rings is 2. The van der Waals surface area contributed by atoms with Gasteiger partial charge < -0.3 is 24.4 Å². The molecule has 0 radical (unpaired) electrons. The number of halogens is 1. The van der Waals surface area contributed by atoms with E-state index in [9.17, 15) is 9.59 Å². The first-order chi connectivity index (χ1) is 14.6. The van der Waals surface area contributed by atoms with E-state index in [1.807, 2.05) is 24.3 Å². The Kier molecular flexibility index (Phi) is 7.93. The Labute approximate surface area is 180 Å². The highest BCUT2D eigenvalue weighted by Crippen LogP contribution is 2.28. The van der Waals surface area contributed by atoms with Crippen LogP contribution in [-0.4, -0.2) is 63.3 Å². The SMILES string of the molecule is COc1cc(C(=O)NCCc2ccc(Cl)cc2)ccc1OCC(=O)N1CCOCC1. The van der Waals surface area contributed by atoms with Crippen LogP contribution >= 0.6 is 11.6 Å². The molecule has 0 aromatic heterocycles. The molecule has 0 unspecified atom stereocenters. The molecule has 30 heavy (non-hydrogen) atoms. The number of hydrogen-bond donors (Lipinski definition) is 1. The summed E-state index contributed by atoms with van der Waals surface area (Å²) in [6.07, 6.45) is 0.699. The van der Waals surface area contributed by atoms with Gasteiger partial charge in [-0.3, -0.25) is 9.59 Å². The molecule has 0 bridgehead atoms. The molecule has 0 saturated carbocycles. The summed E-state index contributed by atoms with van der Waals surface area (Å²) in [5, 5.41) is 3.57. The molecular weight excluding hydrogens is 408 g/mol. The van der Waals surface area contributed by atoms with Crippen LogP contribution < -0.4 is 14.8 Å². The van der Waals surface area contributed by atoms with Crippen molar-refractivity contribution in [2.24, 2.45) is 0 Å². The fourth-order valence-electron chi connectivity index (χ4n) is 3.05. The van der Waals surface area contributed by atoms with E-state index in [-0.39, 0.29) is 18.4 Å². The van der Waals surface area contributed by atoms with E-state index in [2.05, 4.69) is 5.32 Å². The zero-order valence-electron chi connectivity index (χ0n) is 16.9. The van der Waals surface area contributed by atoms with Gasteiger partial charge in [0.15, 0.2) is 18.1 Å². The van der Waals surface area contributed by atoms with Crippen molar-refractivity contribution in [2.75, 3.05) is 46.6 Å². The average molecular weight is 433 g/mol. The van der Waals surface area contributed by atoms with Crippen LogP contribution in [0.15, 0.2) is 42.5 Å². The van der Waals surface area contributed by atoms with Crippen LogP contribution in [0.3, 0.4) is 0 Å². The summed E-state index contributed by atoms with van der Waals surface area (Å²) < 4.78 is 16.2. The van der Waals surface area contributed by atoms with E-state index < -0.39 is 0 Å².